The largest absolute Gasteiger partial charge is 0.401 e. The molecule has 7 nitrogen and oxygen atoms in total. The van der Waals surface area contributed by atoms with E-state index in [0.29, 0.717) is 0 Å². The fourth-order valence-electron chi connectivity index (χ4n) is 0.852. The summed E-state index contributed by atoms with van der Waals surface area (Å²) in [6, 6.07) is 1.89. The molecule has 0 unspecified atom stereocenters. The first kappa shape index (κ1) is 9.13. The van der Waals surface area contributed by atoms with Gasteiger partial charge in [-0.1, -0.05) is 9.95 Å². The molecule has 0 atom stereocenters. The zero-order valence-corrected chi connectivity index (χ0v) is 7.36. The molecule has 1 aromatic rings. The number of rotatable bonds is 0. The van der Waals surface area contributed by atoms with E-state index in [1.807, 2.05) is 0 Å². The van der Waals surface area contributed by atoms with Gasteiger partial charge >= 0.3 is 11.3 Å². The van der Waals surface area contributed by atoms with Crippen LogP contribution in [0.4, 0.5) is 0 Å². The lowest BCUT2D eigenvalue weighted by Gasteiger charge is -1.87. The molecular formula is C8H5N3O4. The van der Waals surface area contributed by atoms with E-state index in [1.165, 1.54) is 18.6 Å². The molecular weight excluding hydrogens is 202 g/mol. The molecule has 0 amide bonds. The first-order valence-electron chi connectivity index (χ1n) is 3.93. The molecule has 0 aliphatic carbocycles. The molecule has 0 saturated carbocycles. The molecule has 7 heteroatoms. The van der Waals surface area contributed by atoms with Crippen molar-refractivity contribution in [3.05, 3.63) is 45.1 Å². The maximum atomic E-state index is 11.0. The highest BCUT2D eigenvalue weighted by Crippen LogP contribution is 1.89. The van der Waals surface area contributed by atoms with Gasteiger partial charge in [0.25, 0.3) is 5.89 Å². The van der Waals surface area contributed by atoms with Crippen molar-refractivity contribution >= 4 is 12.4 Å². The summed E-state index contributed by atoms with van der Waals surface area (Å²) in [6.45, 7) is 0. The van der Waals surface area contributed by atoms with Crippen molar-refractivity contribution in [3.63, 3.8) is 0 Å². The van der Waals surface area contributed by atoms with Gasteiger partial charge in [-0.2, -0.15) is 0 Å². The van der Waals surface area contributed by atoms with Gasteiger partial charge < -0.3 is 8.94 Å². The van der Waals surface area contributed by atoms with Crippen molar-refractivity contribution in [3.8, 4) is 0 Å². The molecule has 0 aromatic carbocycles. The van der Waals surface area contributed by atoms with Crippen molar-refractivity contribution in [2.24, 2.45) is 4.99 Å². The monoisotopic (exact) mass is 207 g/mol. The van der Waals surface area contributed by atoms with Crippen LogP contribution < -0.4 is 11.3 Å². The first-order valence-corrected chi connectivity index (χ1v) is 3.93. The average Bonchev–Trinajstić information content (AvgIpc) is 2.36. The molecule has 2 heterocycles. The highest BCUT2D eigenvalue weighted by atomic mass is 16.5. The van der Waals surface area contributed by atoms with E-state index in [-0.39, 0.29) is 5.89 Å². The SMILES string of the molecule is O=c1ccc(=O)on2nc(o1)C=NC=C2. The lowest BCUT2D eigenvalue weighted by Crippen LogP contribution is -2.01. The molecule has 1 aliphatic heterocycles. The molecule has 2 rings (SSSR count). The Hall–Kier alpha value is -2.44. The zero-order valence-electron chi connectivity index (χ0n) is 7.36. The Labute approximate surface area is 82.3 Å². The summed E-state index contributed by atoms with van der Waals surface area (Å²) < 4.78 is 9.42. The van der Waals surface area contributed by atoms with Crippen molar-refractivity contribution in [1.29, 1.82) is 0 Å². The van der Waals surface area contributed by atoms with E-state index >= 15 is 0 Å². The molecule has 2 bridgehead atoms. The van der Waals surface area contributed by atoms with E-state index in [0.717, 1.165) is 17.0 Å². The van der Waals surface area contributed by atoms with Crippen LogP contribution in [0.3, 0.4) is 0 Å². The summed E-state index contributed by atoms with van der Waals surface area (Å²) in [4.78, 5) is 26.7. The molecule has 76 valence electrons. The second-order valence-corrected chi connectivity index (χ2v) is 2.48. The van der Waals surface area contributed by atoms with Gasteiger partial charge in [0, 0.05) is 18.3 Å². The van der Waals surface area contributed by atoms with Gasteiger partial charge in [-0.15, -0.1) is 0 Å². The summed E-state index contributed by atoms with van der Waals surface area (Å²) in [5.74, 6) is -0.0654. The maximum absolute atomic E-state index is 11.0. The van der Waals surface area contributed by atoms with Gasteiger partial charge in [0.1, 0.15) is 0 Å². The molecule has 1 aromatic heterocycles. The van der Waals surface area contributed by atoms with Gasteiger partial charge in [0.15, 0.2) is 0 Å². The third-order valence-corrected chi connectivity index (χ3v) is 1.41. The summed E-state index contributed by atoms with van der Waals surface area (Å²) in [6.07, 6.45) is 3.86. The van der Waals surface area contributed by atoms with Gasteiger partial charge in [-0.25, -0.2) is 9.59 Å². The fraction of sp³-hybridized carbons (Fsp3) is 0. The second kappa shape index (κ2) is 3.74. The van der Waals surface area contributed by atoms with Gasteiger partial charge in [-0.3, -0.25) is 4.99 Å². The predicted molar refractivity (Wildman–Crippen MR) is 49.9 cm³/mol. The lowest BCUT2D eigenvalue weighted by molar-refractivity contribution is 0.275. The van der Waals surface area contributed by atoms with Crippen LogP contribution in [-0.4, -0.2) is 16.2 Å². The van der Waals surface area contributed by atoms with E-state index in [9.17, 15) is 9.59 Å². The third kappa shape index (κ3) is 2.27. The summed E-state index contributed by atoms with van der Waals surface area (Å²) in [5, 5.41) is 3.68. The fourth-order valence-corrected chi connectivity index (χ4v) is 0.852. The van der Waals surface area contributed by atoms with E-state index in [2.05, 4.69) is 10.1 Å². The molecule has 0 fully saturated rings. The summed E-state index contributed by atoms with van der Waals surface area (Å²) in [7, 11) is 0. The van der Waals surface area contributed by atoms with E-state index < -0.39 is 11.3 Å². The highest BCUT2D eigenvalue weighted by Gasteiger charge is 1.96. The molecule has 0 N–H and O–H groups in total. The quantitative estimate of drug-likeness (QED) is 0.586. The predicted octanol–water partition coefficient (Wildman–Crippen LogP) is -0.225. The molecule has 1 aliphatic rings. The molecule has 0 saturated heterocycles. The van der Waals surface area contributed by atoms with Crippen molar-refractivity contribution in [2.75, 3.05) is 0 Å². The van der Waals surface area contributed by atoms with Crippen molar-refractivity contribution < 1.29 is 8.94 Å². The van der Waals surface area contributed by atoms with Crippen LogP contribution in [0.5, 0.6) is 0 Å². The van der Waals surface area contributed by atoms with E-state index in [4.69, 9.17) is 8.94 Å². The van der Waals surface area contributed by atoms with Crippen molar-refractivity contribution in [1.82, 2.24) is 9.95 Å². The van der Waals surface area contributed by atoms with Gasteiger partial charge in [0.2, 0.25) is 0 Å². The Bertz CT molecular complexity index is 538. The summed E-state index contributed by atoms with van der Waals surface area (Å²) in [5.41, 5.74) is -1.45. The number of aliphatic imine (C=N–C) groups is 1. The number of fused-ring (bicyclic) bond motifs is 2. The smallest absolute Gasteiger partial charge is 0.358 e. The van der Waals surface area contributed by atoms with Crippen LogP contribution in [0, 0.1) is 0 Å². The third-order valence-electron chi connectivity index (χ3n) is 1.41. The van der Waals surface area contributed by atoms with Crippen LogP contribution in [0.15, 0.2) is 41.9 Å². The molecule has 15 heavy (non-hydrogen) atoms. The summed E-state index contributed by atoms with van der Waals surface area (Å²) >= 11 is 0. The highest BCUT2D eigenvalue weighted by molar-refractivity contribution is 5.73. The number of hydrogen-bond donors (Lipinski definition) is 0. The Morgan fingerprint density at radius 1 is 1.20 bits per heavy atom. The Kier molecular flexibility index (Phi) is 2.28. The van der Waals surface area contributed by atoms with Gasteiger partial charge in [-0.05, 0) is 0 Å². The van der Waals surface area contributed by atoms with Crippen LogP contribution >= 0.6 is 0 Å². The minimum Gasteiger partial charge on any atom is -0.401 e. The van der Waals surface area contributed by atoms with Crippen LogP contribution in [0.25, 0.3) is 6.20 Å². The Morgan fingerprint density at radius 2 is 2.00 bits per heavy atom. The maximum Gasteiger partial charge on any atom is 0.358 e. The van der Waals surface area contributed by atoms with Crippen LogP contribution in [0.1, 0.15) is 5.89 Å². The second-order valence-electron chi connectivity index (χ2n) is 2.48. The zero-order chi connectivity index (χ0) is 10.7. The first-order chi connectivity index (χ1) is 7.24. The molecule has 0 spiro atoms. The van der Waals surface area contributed by atoms with Gasteiger partial charge in [0.05, 0.1) is 12.4 Å². The van der Waals surface area contributed by atoms with Crippen molar-refractivity contribution in [2.45, 2.75) is 0 Å². The average molecular weight is 207 g/mol. The number of hydrogen-bond acceptors (Lipinski definition) is 6. The normalized spacial score (nSPS) is 12.0. The number of nitrogens with zero attached hydrogens (tertiary/aromatic N) is 3. The number of aromatic nitrogens is 2. The van der Waals surface area contributed by atoms with Crippen LogP contribution in [-0.2, 0) is 0 Å². The standard InChI is InChI=1S/C8H5N3O4/c12-7-1-2-8(13)15-11-4-3-9-5-6(10-11)14-7/h1-5H. The molecule has 0 radical (unpaired) electrons. The van der Waals surface area contributed by atoms with E-state index in [1.54, 1.807) is 0 Å². The minimum atomic E-state index is -0.733. The Balaban J connectivity index is 2.87. The van der Waals surface area contributed by atoms with Crippen LogP contribution in [0.2, 0.25) is 0 Å². The topological polar surface area (TPSA) is 90.6 Å². The minimum absolute atomic E-state index is 0.0654. The lowest BCUT2D eigenvalue weighted by atomic mass is 10.6. The Morgan fingerprint density at radius 3 is 2.87 bits per heavy atom.